The van der Waals surface area contributed by atoms with E-state index in [9.17, 15) is 4.79 Å². The van der Waals surface area contributed by atoms with Gasteiger partial charge in [-0.15, -0.1) is 0 Å². The number of likely N-dealkylation sites (N-methyl/N-ethyl adjacent to an activating group) is 1. The number of nitrogens with zero attached hydrogens (tertiary/aromatic N) is 3. The molecule has 2 aromatic heterocycles. The van der Waals surface area contributed by atoms with Gasteiger partial charge in [0.25, 0.3) is 5.91 Å². The highest BCUT2D eigenvalue weighted by Gasteiger charge is 2.16. The van der Waals surface area contributed by atoms with E-state index in [-0.39, 0.29) is 5.91 Å². The lowest BCUT2D eigenvalue weighted by molar-refractivity contribution is 0.0791. The van der Waals surface area contributed by atoms with Crippen LogP contribution in [0.5, 0.6) is 0 Å². The minimum Gasteiger partial charge on any atom is -0.382 e. The highest BCUT2D eigenvalue weighted by molar-refractivity contribution is 5.93. The normalized spacial score (nSPS) is 14.9. The van der Waals surface area contributed by atoms with E-state index in [1.165, 1.54) is 37.7 Å². The summed E-state index contributed by atoms with van der Waals surface area (Å²) in [7, 11) is 1.83. The first kappa shape index (κ1) is 17.4. The quantitative estimate of drug-likeness (QED) is 0.875. The molecule has 0 aliphatic heterocycles. The third-order valence-electron chi connectivity index (χ3n) is 4.79. The Morgan fingerprint density at radius 3 is 2.68 bits per heavy atom. The van der Waals surface area contributed by atoms with Crippen molar-refractivity contribution in [2.75, 3.05) is 18.9 Å². The maximum absolute atomic E-state index is 12.6. The molecule has 0 saturated heterocycles. The first-order chi connectivity index (χ1) is 12.2. The van der Waals surface area contributed by atoms with Crippen molar-refractivity contribution in [1.29, 1.82) is 0 Å². The topological polar surface area (TPSA) is 58.1 Å². The van der Waals surface area contributed by atoms with Crippen LogP contribution in [-0.2, 0) is 6.42 Å². The van der Waals surface area contributed by atoms with Crippen molar-refractivity contribution < 1.29 is 4.79 Å². The maximum atomic E-state index is 12.6. The van der Waals surface area contributed by atoms with Gasteiger partial charge in [0.1, 0.15) is 5.69 Å². The summed E-state index contributed by atoms with van der Waals surface area (Å²) >= 11 is 0. The molecule has 3 rings (SSSR count). The van der Waals surface area contributed by atoms with E-state index in [1.54, 1.807) is 23.5 Å². The van der Waals surface area contributed by atoms with Crippen molar-refractivity contribution >= 4 is 11.6 Å². The number of nitrogens with one attached hydrogen (secondary N) is 1. The van der Waals surface area contributed by atoms with E-state index < -0.39 is 0 Å². The van der Waals surface area contributed by atoms with E-state index in [4.69, 9.17) is 0 Å². The van der Waals surface area contributed by atoms with Crippen molar-refractivity contribution in [3.05, 3.63) is 54.1 Å². The van der Waals surface area contributed by atoms with Crippen LogP contribution in [-0.4, -0.2) is 40.4 Å². The fraction of sp³-hybridized carbons (Fsp3) is 0.450. The predicted octanol–water partition coefficient (Wildman–Crippen LogP) is 3.54. The number of rotatable bonds is 6. The van der Waals surface area contributed by atoms with Gasteiger partial charge in [-0.25, -0.2) is 0 Å². The highest BCUT2D eigenvalue weighted by Crippen LogP contribution is 2.21. The molecule has 5 nitrogen and oxygen atoms in total. The summed E-state index contributed by atoms with van der Waals surface area (Å²) in [5, 5.41) is 3.56. The molecule has 1 amide bonds. The summed E-state index contributed by atoms with van der Waals surface area (Å²) in [5.41, 5.74) is 2.67. The summed E-state index contributed by atoms with van der Waals surface area (Å²) in [6.45, 7) is 0.658. The molecule has 0 unspecified atom stereocenters. The van der Waals surface area contributed by atoms with Gasteiger partial charge in [0, 0.05) is 43.9 Å². The molecule has 0 atom stereocenters. The molecule has 1 fully saturated rings. The predicted molar refractivity (Wildman–Crippen MR) is 99.6 cm³/mol. The van der Waals surface area contributed by atoms with Gasteiger partial charge in [0.05, 0.1) is 0 Å². The molecule has 0 aromatic carbocycles. The lowest BCUT2D eigenvalue weighted by Gasteiger charge is -2.24. The lowest BCUT2D eigenvalue weighted by atomic mass is 9.95. The van der Waals surface area contributed by atoms with Gasteiger partial charge in [0.15, 0.2) is 0 Å². The van der Waals surface area contributed by atoms with Gasteiger partial charge in [-0.1, -0.05) is 19.3 Å². The number of aromatic nitrogens is 2. The molecule has 1 N–H and O–H groups in total. The van der Waals surface area contributed by atoms with Crippen LogP contribution in [0, 0.1) is 0 Å². The van der Waals surface area contributed by atoms with E-state index >= 15 is 0 Å². The van der Waals surface area contributed by atoms with Crippen LogP contribution in [0.15, 0.2) is 42.9 Å². The summed E-state index contributed by atoms with van der Waals surface area (Å²) in [6, 6.07) is 8.29. The van der Waals surface area contributed by atoms with Crippen molar-refractivity contribution in [2.24, 2.45) is 0 Å². The molecule has 132 valence electrons. The molecule has 0 radical (unpaired) electrons. The van der Waals surface area contributed by atoms with Crippen LogP contribution in [0.3, 0.4) is 0 Å². The van der Waals surface area contributed by atoms with Crippen molar-refractivity contribution in [3.63, 3.8) is 0 Å². The average Bonchev–Trinajstić information content (AvgIpc) is 2.67. The van der Waals surface area contributed by atoms with Gasteiger partial charge in [-0.3, -0.25) is 14.8 Å². The molecule has 1 aliphatic rings. The Bertz CT molecular complexity index is 683. The summed E-state index contributed by atoms with van der Waals surface area (Å²) < 4.78 is 0. The Morgan fingerprint density at radius 1 is 1.16 bits per heavy atom. The number of anilines is 1. The first-order valence-corrected chi connectivity index (χ1v) is 9.09. The zero-order chi connectivity index (χ0) is 17.5. The number of hydrogen-bond acceptors (Lipinski definition) is 4. The van der Waals surface area contributed by atoms with E-state index in [0.29, 0.717) is 18.3 Å². The molecular formula is C20H26N4O. The molecule has 1 aliphatic carbocycles. The van der Waals surface area contributed by atoms with E-state index in [0.717, 1.165) is 12.1 Å². The monoisotopic (exact) mass is 338 g/mol. The van der Waals surface area contributed by atoms with Gasteiger partial charge >= 0.3 is 0 Å². The molecular weight excluding hydrogens is 312 g/mol. The summed E-state index contributed by atoms with van der Waals surface area (Å²) in [6.07, 6.45) is 12.4. The van der Waals surface area contributed by atoms with E-state index in [2.05, 4.69) is 15.3 Å². The molecule has 25 heavy (non-hydrogen) atoms. The third kappa shape index (κ3) is 5.02. The van der Waals surface area contributed by atoms with Gasteiger partial charge in [-0.2, -0.15) is 0 Å². The second kappa shape index (κ2) is 8.60. The second-order valence-electron chi connectivity index (χ2n) is 6.74. The van der Waals surface area contributed by atoms with Gasteiger partial charge in [0.2, 0.25) is 0 Å². The Hall–Kier alpha value is -2.43. The molecule has 0 bridgehead atoms. The minimum absolute atomic E-state index is 0.0404. The maximum Gasteiger partial charge on any atom is 0.272 e. The fourth-order valence-corrected chi connectivity index (χ4v) is 3.26. The Morgan fingerprint density at radius 2 is 1.92 bits per heavy atom. The number of pyridine rings is 2. The Kier molecular flexibility index (Phi) is 5.99. The van der Waals surface area contributed by atoms with Crippen molar-refractivity contribution in [3.8, 4) is 0 Å². The number of carbonyl (C=O) groups excluding carboxylic acids is 1. The molecule has 2 heterocycles. The van der Waals surface area contributed by atoms with Crippen LogP contribution in [0.1, 0.15) is 48.2 Å². The Labute approximate surface area is 149 Å². The van der Waals surface area contributed by atoms with Crippen molar-refractivity contribution in [1.82, 2.24) is 14.9 Å². The van der Waals surface area contributed by atoms with Gasteiger partial charge < -0.3 is 10.2 Å². The largest absolute Gasteiger partial charge is 0.382 e. The number of hydrogen-bond donors (Lipinski definition) is 1. The summed E-state index contributed by atoms with van der Waals surface area (Å²) in [5.74, 6) is -0.0404. The van der Waals surface area contributed by atoms with Crippen LogP contribution < -0.4 is 5.32 Å². The van der Waals surface area contributed by atoms with Crippen LogP contribution in [0.25, 0.3) is 0 Å². The standard InChI is InChI=1S/C20H26N4O/c1-24(14-10-16-7-11-21-12-8-16)20(25)19-15-18(9-13-22-19)23-17-5-3-2-4-6-17/h7-9,11-13,15,17H,2-6,10,14H2,1H3,(H,22,23). The zero-order valence-corrected chi connectivity index (χ0v) is 14.8. The Balaban J connectivity index is 1.58. The van der Waals surface area contributed by atoms with E-state index in [1.807, 2.05) is 31.3 Å². The van der Waals surface area contributed by atoms with Crippen LogP contribution in [0.4, 0.5) is 5.69 Å². The number of carbonyl (C=O) groups is 1. The zero-order valence-electron chi connectivity index (χ0n) is 14.8. The summed E-state index contributed by atoms with van der Waals surface area (Å²) in [4.78, 5) is 22.6. The highest BCUT2D eigenvalue weighted by atomic mass is 16.2. The van der Waals surface area contributed by atoms with Crippen LogP contribution in [0.2, 0.25) is 0 Å². The lowest BCUT2D eigenvalue weighted by Crippen LogP contribution is -2.29. The fourth-order valence-electron chi connectivity index (χ4n) is 3.26. The second-order valence-corrected chi connectivity index (χ2v) is 6.74. The molecule has 2 aromatic rings. The smallest absolute Gasteiger partial charge is 0.272 e. The molecule has 5 heteroatoms. The van der Waals surface area contributed by atoms with Crippen molar-refractivity contribution in [2.45, 2.75) is 44.6 Å². The van der Waals surface area contributed by atoms with Gasteiger partial charge in [-0.05, 0) is 49.1 Å². The minimum atomic E-state index is -0.0404. The van der Waals surface area contributed by atoms with Crippen LogP contribution >= 0.6 is 0 Å². The SMILES string of the molecule is CN(CCc1ccncc1)C(=O)c1cc(NC2CCCCC2)ccn1. The average molecular weight is 338 g/mol. The number of amides is 1. The third-order valence-corrected chi connectivity index (χ3v) is 4.79. The molecule has 1 saturated carbocycles. The molecule has 0 spiro atoms. The first-order valence-electron chi connectivity index (χ1n) is 9.09.